The maximum Gasteiger partial charge on any atom is 0.246 e. The van der Waals surface area contributed by atoms with E-state index in [1.54, 1.807) is 17.2 Å². The van der Waals surface area contributed by atoms with Crippen LogP contribution in [0.4, 0.5) is 0 Å². The number of carbonyl (C=O) groups excluding carboxylic acids is 1. The Hall–Kier alpha value is -2.94. The summed E-state index contributed by atoms with van der Waals surface area (Å²) in [5, 5.41) is 1.07. The van der Waals surface area contributed by atoms with Gasteiger partial charge < -0.3 is 4.90 Å². The van der Waals surface area contributed by atoms with Crippen molar-refractivity contribution < 1.29 is 4.79 Å². The van der Waals surface area contributed by atoms with Gasteiger partial charge in [0, 0.05) is 30.3 Å². The lowest BCUT2D eigenvalue weighted by Gasteiger charge is -2.24. The number of likely N-dealkylation sites (N-methyl/N-ethyl adjacent to an activating group) is 1. The summed E-state index contributed by atoms with van der Waals surface area (Å²) < 4.78 is 0. The van der Waals surface area contributed by atoms with Crippen molar-refractivity contribution in [2.24, 2.45) is 0 Å². The maximum atomic E-state index is 12.5. The summed E-state index contributed by atoms with van der Waals surface area (Å²) in [6.07, 6.45) is 5.22. The van der Waals surface area contributed by atoms with Crippen molar-refractivity contribution in [3.8, 4) is 0 Å². The lowest BCUT2D eigenvalue weighted by Crippen LogP contribution is -2.27. The van der Waals surface area contributed by atoms with Crippen LogP contribution >= 0.6 is 0 Å². The fraction of sp³-hybridized carbons (Fsp3) is 0.143. The van der Waals surface area contributed by atoms with Gasteiger partial charge in [-0.15, -0.1) is 0 Å². The molecule has 0 bridgehead atoms. The predicted molar refractivity (Wildman–Crippen MR) is 98.4 cm³/mol. The highest BCUT2D eigenvalue weighted by atomic mass is 16.2. The molecule has 1 amide bonds. The summed E-state index contributed by atoms with van der Waals surface area (Å²) >= 11 is 0. The molecule has 120 valence electrons. The molecule has 0 aliphatic heterocycles. The minimum atomic E-state index is -0.0284. The molecule has 1 unspecified atom stereocenters. The zero-order valence-corrected chi connectivity index (χ0v) is 13.9. The molecule has 0 aliphatic rings. The Morgan fingerprint density at radius 3 is 2.58 bits per heavy atom. The molecule has 3 nitrogen and oxygen atoms in total. The third-order valence-corrected chi connectivity index (χ3v) is 4.28. The highest BCUT2D eigenvalue weighted by Gasteiger charge is 2.14. The molecule has 3 rings (SSSR count). The minimum absolute atomic E-state index is 0.0222. The second kappa shape index (κ2) is 7.09. The lowest BCUT2D eigenvalue weighted by molar-refractivity contribution is -0.126. The quantitative estimate of drug-likeness (QED) is 0.665. The van der Waals surface area contributed by atoms with E-state index in [-0.39, 0.29) is 11.9 Å². The van der Waals surface area contributed by atoms with Crippen molar-refractivity contribution in [1.29, 1.82) is 0 Å². The molecular weight excluding hydrogens is 296 g/mol. The molecular formula is C21H20N2O. The van der Waals surface area contributed by atoms with Crippen molar-refractivity contribution in [1.82, 2.24) is 9.88 Å². The van der Waals surface area contributed by atoms with Crippen molar-refractivity contribution in [3.05, 3.63) is 84.1 Å². The van der Waals surface area contributed by atoms with Crippen LogP contribution in [0.5, 0.6) is 0 Å². The molecule has 0 N–H and O–H groups in total. The predicted octanol–water partition coefficient (Wildman–Crippen LogP) is 4.47. The number of fused-ring (bicyclic) bond motifs is 1. The first-order valence-corrected chi connectivity index (χ1v) is 8.00. The summed E-state index contributed by atoms with van der Waals surface area (Å²) in [6.45, 7) is 2.03. The molecule has 1 heterocycles. The molecule has 0 saturated heterocycles. The Morgan fingerprint density at radius 1 is 1.04 bits per heavy atom. The number of para-hydroxylation sites is 1. The van der Waals surface area contributed by atoms with Crippen molar-refractivity contribution >= 4 is 22.9 Å². The summed E-state index contributed by atoms with van der Waals surface area (Å²) in [5.74, 6) is -0.0284. The molecule has 3 heteroatoms. The normalized spacial score (nSPS) is 12.4. The number of amides is 1. The number of pyridine rings is 1. The Balaban J connectivity index is 1.79. The molecule has 0 aliphatic carbocycles. The fourth-order valence-electron chi connectivity index (χ4n) is 2.69. The monoisotopic (exact) mass is 316 g/mol. The van der Waals surface area contributed by atoms with Crippen LogP contribution in [0.3, 0.4) is 0 Å². The van der Waals surface area contributed by atoms with E-state index in [2.05, 4.69) is 4.98 Å². The lowest BCUT2D eigenvalue weighted by atomic mass is 10.1. The Morgan fingerprint density at radius 2 is 1.79 bits per heavy atom. The van der Waals surface area contributed by atoms with Crippen LogP contribution in [0.15, 0.2) is 72.9 Å². The van der Waals surface area contributed by atoms with Crippen molar-refractivity contribution in [3.63, 3.8) is 0 Å². The van der Waals surface area contributed by atoms with Gasteiger partial charge in [0.1, 0.15) is 0 Å². The van der Waals surface area contributed by atoms with Gasteiger partial charge in [-0.25, -0.2) is 0 Å². The second-order valence-corrected chi connectivity index (χ2v) is 5.79. The molecule has 24 heavy (non-hydrogen) atoms. The van der Waals surface area contributed by atoms with E-state index in [0.29, 0.717) is 0 Å². The van der Waals surface area contributed by atoms with Crippen LogP contribution in [0, 0.1) is 0 Å². The first-order chi connectivity index (χ1) is 11.7. The second-order valence-electron chi connectivity index (χ2n) is 5.79. The first kappa shape index (κ1) is 15.9. The number of nitrogens with zero attached hydrogens (tertiary/aromatic N) is 2. The smallest absolute Gasteiger partial charge is 0.246 e. The summed E-state index contributed by atoms with van der Waals surface area (Å²) in [4.78, 5) is 18.6. The topological polar surface area (TPSA) is 33.2 Å². The largest absolute Gasteiger partial charge is 0.335 e. The van der Waals surface area contributed by atoms with Gasteiger partial charge in [0.15, 0.2) is 0 Å². The molecule has 1 atom stereocenters. The van der Waals surface area contributed by atoms with E-state index in [4.69, 9.17) is 0 Å². The zero-order valence-electron chi connectivity index (χ0n) is 13.9. The van der Waals surface area contributed by atoms with Crippen molar-refractivity contribution in [2.75, 3.05) is 7.05 Å². The Labute approximate surface area is 142 Å². The minimum Gasteiger partial charge on any atom is -0.335 e. The third-order valence-electron chi connectivity index (χ3n) is 4.28. The molecule has 1 aromatic heterocycles. The van der Waals surface area contributed by atoms with Crippen LogP contribution in [-0.2, 0) is 4.79 Å². The molecule has 2 aromatic carbocycles. The van der Waals surface area contributed by atoms with E-state index in [1.807, 2.05) is 80.7 Å². The summed E-state index contributed by atoms with van der Waals surface area (Å²) in [5.41, 5.74) is 2.97. The van der Waals surface area contributed by atoms with Crippen LogP contribution in [0.2, 0.25) is 0 Å². The van der Waals surface area contributed by atoms with E-state index < -0.39 is 0 Å². The highest BCUT2D eigenvalue weighted by molar-refractivity contribution is 5.95. The van der Waals surface area contributed by atoms with Crippen LogP contribution in [0.25, 0.3) is 17.0 Å². The highest BCUT2D eigenvalue weighted by Crippen LogP contribution is 2.20. The summed E-state index contributed by atoms with van der Waals surface area (Å²) in [6, 6.07) is 19.9. The number of aromatic nitrogens is 1. The molecule has 3 aromatic rings. The SMILES string of the molecule is CC(c1ccccc1)N(C)C(=O)/C=C/c1cccc2cccnc12. The van der Waals surface area contributed by atoms with Gasteiger partial charge in [0.2, 0.25) is 5.91 Å². The Kier molecular flexibility index (Phi) is 4.71. The molecule has 0 radical (unpaired) electrons. The molecule has 0 spiro atoms. The van der Waals surface area contributed by atoms with E-state index in [1.165, 1.54) is 0 Å². The van der Waals surface area contributed by atoms with Gasteiger partial charge in [-0.1, -0.05) is 54.6 Å². The summed E-state index contributed by atoms with van der Waals surface area (Å²) in [7, 11) is 1.83. The number of hydrogen-bond donors (Lipinski definition) is 0. The van der Waals surface area contributed by atoms with Crippen molar-refractivity contribution in [2.45, 2.75) is 13.0 Å². The average molecular weight is 316 g/mol. The van der Waals surface area contributed by atoms with Gasteiger partial charge >= 0.3 is 0 Å². The van der Waals surface area contributed by atoms with Gasteiger partial charge in [0.05, 0.1) is 11.6 Å². The maximum absolute atomic E-state index is 12.5. The number of rotatable bonds is 4. The van der Waals surface area contributed by atoms with Gasteiger partial charge in [0.25, 0.3) is 0 Å². The zero-order chi connectivity index (χ0) is 16.9. The van der Waals surface area contributed by atoms with E-state index >= 15 is 0 Å². The van der Waals surface area contributed by atoms with E-state index in [0.717, 1.165) is 22.0 Å². The molecule has 0 fully saturated rings. The van der Waals surface area contributed by atoms with Gasteiger partial charge in [-0.05, 0) is 24.6 Å². The number of benzene rings is 2. The Bertz CT molecular complexity index is 866. The van der Waals surface area contributed by atoms with E-state index in [9.17, 15) is 4.79 Å². The first-order valence-electron chi connectivity index (χ1n) is 8.00. The average Bonchev–Trinajstić information content (AvgIpc) is 2.65. The number of hydrogen-bond acceptors (Lipinski definition) is 2. The fourth-order valence-corrected chi connectivity index (χ4v) is 2.69. The van der Waals surface area contributed by atoms with Gasteiger partial charge in [-0.2, -0.15) is 0 Å². The standard InChI is InChI=1S/C21H20N2O/c1-16(17-8-4-3-5-9-17)23(2)20(24)14-13-19-11-6-10-18-12-7-15-22-21(18)19/h3-16H,1-2H3/b14-13+. The van der Waals surface area contributed by atoms with Crippen LogP contribution in [0.1, 0.15) is 24.1 Å². The van der Waals surface area contributed by atoms with Gasteiger partial charge in [-0.3, -0.25) is 9.78 Å². The number of carbonyl (C=O) groups is 1. The molecule has 0 saturated carbocycles. The van der Waals surface area contributed by atoms with Crippen LogP contribution in [-0.4, -0.2) is 22.8 Å². The third kappa shape index (κ3) is 3.35. The van der Waals surface area contributed by atoms with Crippen LogP contribution < -0.4 is 0 Å².